The summed E-state index contributed by atoms with van der Waals surface area (Å²) in [4.78, 5) is 32.6. The number of aromatic nitrogens is 2. The van der Waals surface area contributed by atoms with Crippen molar-refractivity contribution in [1.29, 1.82) is 0 Å². The molecule has 6 nitrogen and oxygen atoms in total. The maximum absolute atomic E-state index is 12.2. The van der Waals surface area contributed by atoms with Gasteiger partial charge in [-0.1, -0.05) is 48.5 Å². The minimum Gasteiger partial charge on any atom is -0.383 e. The number of nitrogens with zero attached hydrogens (tertiary/aromatic N) is 2. The van der Waals surface area contributed by atoms with Crippen LogP contribution in [-0.2, 0) is 0 Å². The van der Waals surface area contributed by atoms with Crippen molar-refractivity contribution in [2.75, 3.05) is 11.1 Å². The predicted molar refractivity (Wildman–Crippen MR) is 97.5 cm³/mol. The molecule has 0 aliphatic rings. The first-order valence-electron chi connectivity index (χ1n) is 7.40. The smallest absolute Gasteiger partial charge is 0.256 e. The molecule has 0 spiro atoms. The van der Waals surface area contributed by atoms with E-state index in [4.69, 9.17) is 5.73 Å². The highest BCUT2D eigenvalue weighted by Crippen LogP contribution is 2.22. The molecule has 0 aliphatic carbocycles. The Morgan fingerprint density at radius 1 is 0.880 bits per heavy atom. The molecule has 25 heavy (non-hydrogen) atoms. The highest BCUT2D eigenvalue weighted by atomic mass is 32.2. The Labute approximate surface area is 148 Å². The molecule has 0 fully saturated rings. The van der Waals surface area contributed by atoms with E-state index in [1.165, 1.54) is 6.07 Å². The maximum Gasteiger partial charge on any atom is 0.256 e. The van der Waals surface area contributed by atoms with Gasteiger partial charge in [0.1, 0.15) is 11.6 Å². The zero-order valence-corrected chi connectivity index (χ0v) is 13.9. The van der Waals surface area contributed by atoms with Gasteiger partial charge in [-0.3, -0.25) is 9.59 Å². The van der Waals surface area contributed by atoms with Crippen LogP contribution in [0.4, 0.5) is 11.6 Å². The SMILES string of the molecule is Nc1cc(NC(=O)c2ccccc2)nc(SC(=O)c2ccccc2)n1. The number of hydrogen-bond acceptors (Lipinski definition) is 6. The van der Waals surface area contributed by atoms with E-state index in [9.17, 15) is 9.59 Å². The van der Waals surface area contributed by atoms with Gasteiger partial charge in [0, 0.05) is 17.2 Å². The van der Waals surface area contributed by atoms with Gasteiger partial charge in [-0.25, -0.2) is 9.97 Å². The molecule has 124 valence electrons. The lowest BCUT2D eigenvalue weighted by atomic mass is 10.2. The maximum atomic E-state index is 12.2. The summed E-state index contributed by atoms with van der Waals surface area (Å²) in [5.74, 6) is 0.0930. The molecule has 0 saturated heterocycles. The Hall–Kier alpha value is -3.19. The topological polar surface area (TPSA) is 98.0 Å². The number of carbonyl (C=O) groups is 2. The normalized spacial score (nSPS) is 10.2. The second kappa shape index (κ2) is 7.59. The molecule has 3 N–H and O–H groups in total. The van der Waals surface area contributed by atoms with E-state index in [-0.39, 0.29) is 27.8 Å². The number of nitrogens with one attached hydrogen (secondary N) is 1. The quantitative estimate of drug-likeness (QED) is 0.554. The molecule has 0 bridgehead atoms. The van der Waals surface area contributed by atoms with Crippen LogP contribution in [0, 0.1) is 0 Å². The molecule has 2 aromatic carbocycles. The first-order valence-corrected chi connectivity index (χ1v) is 8.21. The second-order valence-electron chi connectivity index (χ2n) is 5.04. The van der Waals surface area contributed by atoms with Crippen LogP contribution in [0.15, 0.2) is 71.9 Å². The van der Waals surface area contributed by atoms with Gasteiger partial charge in [-0.15, -0.1) is 0 Å². The minimum atomic E-state index is -0.316. The lowest BCUT2D eigenvalue weighted by Crippen LogP contribution is -2.14. The number of anilines is 2. The fourth-order valence-corrected chi connectivity index (χ4v) is 2.76. The first kappa shape index (κ1) is 16.7. The van der Waals surface area contributed by atoms with Gasteiger partial charge in [0.2, 0.25) is 5.12 Å². The lowest BCUT2D eigenvalue weighted by molar-refractivity contribution is 0.102. The van der Waals surface area contributed by atoms with Crippen LogP contribution >= 0.6 is 11.8 Å². The van der Waals surface area contributed by atoms with E-state index in [0.717, 1.165) is 11.8 Å². The number of nitrogens with two attached hydrogens (primary N) is 1. The van der Waals surface area contributed by atoms with Gasteiger partial charge < -0.3 is 11.1 Å². The van der Waals surface area contributed by atoms with E-state index in [2.05, 4.69) is 15.3 Å². The van der Waals surface area contributed by atoms with Gasteiger partial charge in [0.05, 0.1) is 0 Å². The third-order valence-electron chi connectivity index (χ3n) is 3.20. The Morgan fingerprint density at radius 3 is 2.12 bits per heavy atom. The van der Waals surface area contributed by atoms with Crippen LogP contribution in [-0.4, -0.2) is 21.0 Å². The third-order valence-corrected chi connectivity index (χ3v) is 3.98. The Bertz CT molecular complexity index is 830. The van der Waals surface area contributed by atoms with Gasteiger partial charge in [-0.05, 0) is 23.9 Å². The van der Waals surface area contributed by atoms with Crippen molar-refractivity contribution in [2.24, 2.45) is 0 Å². The molecule has 1 heterocycles. The summed E-state index contributed by atoms with van der Waals surface area (Å²) in [5, 5.41) is 2.63. The average molecular weight is 350 g/mol. The fourth-order valence-electron chi connectivity index (χ4n) is 2.05. The van der Waals surface area contributed by atoms with E-state index >= 15 is 0 Å². The first-order chi connectivity index (χ1) is 12.1. The second-order valence-corrected chi connectivity index (χ2v) is 5.98. The van der Waals surface area contributed by atoms with E-state index in [1.807, 2.05) is 12.1 Å². The molecule has 0 radical (unpaired) electrons. The van der Waals surface area contributed by atoms with Gasteiger partial charge in [0.15, 0.2) is 5.16 Å². The largest absolute Gasteiger partial charge is 0.383 e. The summed E-state index contributed by atoms with van der Waals surface area (Å²) in [6.07, 6.45) is 0. The molecule has 3 rings (SSSR count). The molecule has 3 aromatic rings. The highest BCUT2D eigenvalue weighted by molar-refractivity contribution is 8.14. The summed E-state index contributed by atoms with van der Waals surface area (Å²) in [6, 6.07) is 19.0. The predicted octanol–water partition coefficient (Wildman–Crippen LogP) is 3.24. The van der Waals surface area contributed by atoms with Crippen molar-refractivity contribution in [3.8, 4) is 0 Å². The van der Waals surface area contributed by atoms with Crippen molar-refractivity contribution in [3.05, 3.63) is 77.9 Å². The summed E-state index contributed by atoms with van der Waals surface area (Å²) in [5.41, 5.74) is 6.79. The third kappa shape index (κ3) is 4.42. The number of carbonyl (C=O) groups excluding carboxylic acids is 2. The van der Waals surface area contributed by atoms with Crippen molar-refractivity contribution < 1.29 is 9.59 Å². The minimum absolute atomic E-state index is 0.168. The van der Waals surface area contributed by atoms with Crippen molar-refractivity contribution >= 4 is 34.4 Å². The Morgan fingerprint density at radius 2 is 1.48 bits per heavy atom. The molecule has 0 saturated carbocycles. The van der Waals surface area contributed by atoms with Crippen LogP contribution in [0.25, 0.3) is 0 Å². The zero-order chi connectivity index (χ0) is 17.6. The van der Waals surface area contributed by atoms with Crippen molar-refractivity contribution in [3.63, 3.8) is 0 Å². The summed E-state index contributed by atoms with van der Waals surface area (Å²) < 4.78 is 0. The van der Waals surface area contributed by atoms with E-state index in [0.29, 0.717) is 11.1 Å². The van der Waals surface area contributed by atoms with Crippen LogP contribution in [0.5, 0.6) is 0 Å². The molecular formula is C18H14N4O2S. The molecule has 7 heteroatoms. The summed E-state index contributed by atoms with van der Waals surface area (Å²) in [6.45, 7) is 0. The molecular weight excluding hydrogens is 336 g/mol. The molecule has 0 unspecified atom stereocenters. The molecule has 1 amide bonds. The average Bonchev–Trinajstić information content (AvgIpc) is 2.62. The number of rotatable bonds is 4. The monoisotopic (exact) mass is 350 g/mol. The number of hydrogen-bond donors (Lipinski definition) is 2. The number of nitrogen functional groups attached to an aromatic ring is 1. The number of benzene rings is 2. The van der Waals surface area contributed by atoms with Crippen LogP contribution < -0.4 is 11.1 Å². The fraction of sp³-hybridized carbons (Fsp3) is 0. The van der Waals surface area contributed by atoms with Crippen LogP contribution in [0.3, 0.4) is 0 Å². The highest BCUT2D eigenvalue weighted by Gasteiger charge is 2.13. The van der Waals surface area contributed by atoms with Crippen molar-refractivity contribution in [2.45, 2.75) is 5.16 Å². The zero-order valence-electron chi connectivity index (χ0n) is 13.0. The van der Waals surface area contributed by atoms with Gasteiger partial charge in [0.25, 0.3) is 5.91 Å². The summed E-state index contributed by atoms with van der Waals surface area (Å²) in [7, 11) is 0. The van der Waals surface area contributed by atoms with Crippen LogP contribution in [0.1, 0.15) is 20.7 Å². The Kier molecular flexibility index (Phi) is 5.06. The van der Waals surface area contributed by atoms with E-state index < -0.39 is 0 Å². The molecule has 0 aliphatic heterocycles. The molecule has 1 aromatic heterocycles. The van der Waals surface area contributed by atoms with Crippen LogP contribution in [0.2, 0.25) is 0 Å². The van der Waals surface area contributed by atoms with Gasteiger partial charge in [-0.2, -0.15) is 0 Å². The van der Waals surface area contributed by atoms with E-state index in [1.54, 1.807) is 48.5 Å². The standard InChI is InChI=1S/C18H14N4O2S/c19-14-11-15(21-16(23)12-7-3-1-4-8-12)22-18(20-14)25-17(24)13-9-5-2-6-10-13/h1-11H,(H3,19,20,21,22,23). The van der Waals surface area contributed by atoms with Crippen molar-refractivity contribution in [1.82, 2.24) is 9.97 Å². The lowest BCUT2D eigenvalue weighted by Gasteiger charge is -2.07. The molecule has 0 atom stereocenters. The number of amides is 1. The van der Waals surface area contributed by atoms with Gasteiger partial charge >= 0.3 is 0 Å². The summed E-state index contributed by atoms with van der Waals surface area (Å²) >= 11 is 0.855. The number of thioether (sulfide) groups is 1. The Balaban J connectivity index is 1.76.